The molecule has 100 valence electrons. The van der Waals surface area contributed by atoms with Crippen LogP contribution in [-0.2, 0) is 7.05 Å². The SMILES string of the molecule is Cn1ccnc(Oc2ccc3cc(Br)ccc3c2)c1=O. The number of aromatic nitrogens is 2. The zero-order valence-corrected chi connectivity index (χ0v) is 12.3. The molecule has 4 nitrogen and oxygen atoms in total. The van der Waals surface area contributed by atoms with Crippen LogP contribution >= 0.6 is 15.9 Å². The molecule has 0 aliphatic carbocycles. The van der Waals surface area contributed by atoms with E-state index in [2.05, 4.69) is 20.9 Å². The lowest BCUT2D eigenvalue weighted by atomic mass is 10.1. The summed E-state index contributed by atoms with van der Waals surface area (Å²) >= 11 is 3.44. The van der Waals surface area contributed by atoms with Gasteiger partial charge in [-0.2, -0.15) is 0 Å². The minimum Gasteiger partial charge on any atom is -0.435 e. The van der Waals surface area contributed by atoms with Gasteiger partial charge in [-0.15, -0.1) is 0 Å². The lowest BCUT2D eigenvalue weighted by Crippen LogP contribution is -2.18. The van der Waals surface area contributed by atoms with Crippen molar-refractivity contribution in [1.29, 1.82) is 0 Å². The van der Waals surface area contributed by atoms with Crippen molar-refractivity contribution in [1.82, 2.24) is 9.55 Å². The van der Waals surface area contributed by atoms with Crippen LogP contribution in [0.5, 0.6) is 11.6 Å². The Morgan fingerprint density at radius 2 is 1.90 bits per heavy atom. The standard InChI is InChI=1S/C15H11BrN2O2/c1-18-7-6-17-14(15(18)19)20-13-5-3-10-8-12(16)4-2-11(10)9-13/h2-9H,1H3. The highest BCUT2D eigenvalue weighted by atomic mass is 79.9. The van der Waals surface area contributed by atoms with Crippen LogP contribution in [0, 0.1) is 0 Å². The summed E-state index contributed by atoms with van der Waals surface area (Å²) in [6.07, 6.45) is 3.13. The summed E-state index contributed by atoms with van der Waals surface area (Å²) in [5, 5.41) is 2.14. The van der Waals surface area contributed by atoms with E-state index < -0.39 is 0 Å². The Kier molecular flexibility index (Phi) is 3.28. The molecule has 0 saturated heterocycles. The predicted molar refractivity (Wildman–Crippen MR) is 81.2 cm³/mol. The van der Waals surface area contributed by atoms with E-state index in [9.17, 15) is 4.79 Å². The molecule has 0 fully saturated rings. The monoisotopic (exact) mass is 330 g/mol. The summed E-state index contributed by atoms with van der Waals surface area (Å²) in [4.78, 5) is 15.8. The van der Waals surface area contributed by atoms with Gasteiger partial charge in [0.05, 0.1) is 0 Å². The molecule has 2 aromatic carbocycles. The third kappa shape index (κ3) is 2.44. The maximum atomic E-state index is 11.9. The van der Waals surface area contributed by atoms with Crippen LogP contribution in [0.3, 0.4) is 0 Å². The number of benzene rings is 2. The molecule has 0 bridgehead atoms. The number of fused-ring (bicyclic) bond motifs is 1. The van der Waals surface area contributed by atoms with E-state index >= 15 is 0 Å². The molecule has 3 rings (SSSR count). The smallest absolute Gasteiger partial charge is 0.313 e. The molecule has 0 unspecified atom stereocenters. The zero-order valence-electron chi connectivity index (χ0n) is 10.7. The van der Waals surface area contributed by atoms with Gasteiger partial charge in [0, 0.05) is 23.9 Å². The van der Waals surface area contributed by atoms with Crippen LogP contribution in [0.15, 0.2) is 58.1 Å². The molecular weight excluding hydrogens is 320 g/mol. The summed E-state index contributed by atoms with van der Waals surface area (Å²) in [6.45, 7) is 0. The highest BCUT2D eigenvalue weighted by Gasteiger charge is 2.06. The number of ether oxygens (including phenoxy) is 1. The Morgan fingerprint density at radius 3 is 2.75 bits per heavy atom. The summed E-state index contributed by atoms with van der Waals surface area (Å²) in [5.74, 6) is 0.669. The van der Waals surface area contributed by atoms with Gasteiger partial charge in [0.1, 0.15) is 5.75 Å². The van der Waals surface area contributed by atoms with Crippen molar-refractivity contribution in [3.8, 4) is 11.6 Å². The quantitative estimate of drug-likeness (QED) is 0.722. The molecule has 0 amide bonds. The van der Waals surface area contributed by atoms with Crippen molar-refractivity contribution in [2.24, 2.45) is 7.05 Å². The summed E-state index contributed by atoms with van der Waals surface area (Å²) in [5.41, 5.74) is -0.261. The van der Waals surface area contributed by atoms with Crippen LogP contribution in [0.1, 0.15) is 0 Å². The molecule has 0 N–H and O–H groups in total. The third-order valence-electron chi connectivity index (χ3n) is 2.97. The van der Waals surface area contributed by atoms with Crippen molar-refractivity contribution in [2.75, 3.05) is 0 Å². The Hall–Kier alpha value is -2.14. The molecule has 20 heavy (non-hydrogen) atoms. The van der Waals surface area contributed by atoms with Gasteiger partial charge >= 0.3 is 5.56 Å². The molecule has 1 aromatic heterocycles. The molecule has 0 spiro atoms. The normalized spacial score (nSPS) is 10.7. The van der Waals surface area contributed by atoms with Crippen molar-refractivity contribution >= 4 is 26.7 Å². The molecular formula is C15H11BrN2O2. The maximum Gasteiger partial charge on any atom is 0.313 e. The van der Waals surface area contributed by atoms with Crippen LogP contribution in [0.2, 0.25) is 0 Å². The Balaban J connectivity index is 2.01. The fourth-order valence-corrected chi connectivity index (χ4v) is 2.29. The number of hydrogen-bond acceptors (Lipinski definition) is 3. The molecule has 3 aromatic rings. The van der Waals surface area contributed by atoms with Crippen molar-refractivity contribution in [3.05, 3.63) is 63.6 Å². The fraction of sp³-hybridized carbons (Fsp3) is 0.0667. The van der Waals surface area contributed by atoms with Gasteiger partial charge in [-0.05, 0) is 35.0 Å². The molecule has 0 radical (unpaired) electrons. The Morgan fingerprint density at radius 1 is 1.15 bits per heavy atom. The average Bonchev–Trinajstić information content (AvgIpc) is 2.44. The minimum atomic E-state index is -0.261. The van der Waals surface area contributed by atoms with E-state index in [4.69, 9.17) is 4.74 Å². The highest BCUT2D eigenvalue weighted by molar-refractivity contribution is 9.10. The van der Waals surface area contributed by atoms with E-state index in [1.807, 2.05) is 36.4 Å². The van der Waals surface area contributed by atoms with E-state index in [1.165, 1.54) is 10.8 Å². The van der Waals surface area contributed by atoms with Crippen LogP contribution in [0.4, 0.5) is 0 Å². The highest BCUT2D eigenvalue weighted by Crippen LogP contribution is 2.25. The Labute approximate surface area is 123 Å². The average molecular weight is 331 g/mol. The Bertz CT molecular complexity index is 843. The van der Waals surface area contributed by atoms with E-state index in [0.29, 0.717) is 5.75 Å². The van der Waals surface area contributed by atoms with Crippen molar-refractivity contribution in [3.63, 3.8) is 0 Å². The number of aryl methyl sites for hydroxylation is 1. The minimum absolute atomic E-state index is 0.0754. The molecule has 0 saturated carbocycles. The van der Waals surface area contributed by atoms with Gasteiger partial charge in [-0.3, -0.25) is 4.79 Å². The molecule has 0 aliphatic heterocycles. The van der Waals surface area contributed by atoms with Crippen LogP contribution < -0.4 is 10.3 Å². The van der Waals surface area contributed by atoms with Crippen molar-refractivity contribution in [2.45, 2.75) is 0 Å². The largest absolute Gasteiger partial charge is 0.435 e. The molecule has 5 heteroatoms. The van der Waals surface area contributed by atoms with Gasteiger partial charge in [0.25, 0.3) is 5.88 Å². The van der Waals surface area contributed by atoms with Gasteiger partial charge in [-0.1, -0.05) is 28.1 Å². The predicted octanol–water partition coefficient (Wildman–Crippen LogP) is 3.49. The number of halogens is 1. The van der Waals surface area contributed by atoms with E-state index in [-0.39, 0.29) is 11.4 Å². The lowest BCUT2D eigenvalue weighted by molar-refractivity contribution is 0.449. The summed E-state index contributed by atoms with van der Waals surface area (Å²) in [6, 6.07) is 11.6. The second kappa shape index (κ2) is 5.09. The van der Waals surface area contributed by atoms with Crippen LogP contribution in [-0.4, -0.2) is 9.55 Å². The van der Waals surface area contributed by atoms with Crippen molar-refractivity contribution < 1.29 is 4.74 Å². The van der Waals surface area contributed by atoms with Gasteiger partial charge in [0.15, 0.2) is 0 Å². The number of nitrogens with zero attached hydrogens (tertiary/aromatic N) is 2. The first-order valence-corrected chi connectivity index (χ1v) is 6.81. The molecule has 0 aliphatic rings. The summed E-state index contributed by atoms with van der Waals surface area (Å²) in [7, 11) is 1.66. The molecule has 1 heterocycles. The lowest BCUT2D eigenvalue weighted by Gasteiger charge is -2.06. The first kappa shape index (κ1) is 12.9. The third-order valence-corrected chi connectivity index (χ3v) is 3.47. The van der Waals surface area contributed by atoms with E-state index in [1.54, 1.807) is 13.2 Å². The second-order valence-corrected chi connectivity index (χ2v) is 5.32. The first-order chi connectivity index (χ1) is 9.63. The second-order valence-electron chi connectivity index (χ2n) is 4.40. The van der Waals surface area contributed by atoms with Gasteiger partial charge < -0.3 is 9.30 Å². The number of rotatable bonds is 2. The topological polar surface area (TPSA) is 44.1 Å². The fourth-order valence-electron chi connectivity index (χ4n) is 1.91. The van der Waals surface area contributed by atoms with Crippen LogP contribution in [0.25, 0.3) is 10.8 Å². The van der Waals surface area contributed by atoms with E-state index in [0.717, 1.165) is 15.2 Å². The van der Waals surface area contributed by atoms with Gasteiger partial charge in [-0.25, -0.2) is 4.98 Å². The summed E-state index contributed by atoms with van der Waals surface area (Å²) < 4.78 is 8.03. The number of hydrogen-bond donors (Lipinski definition) is 0. The van der Waals surface area contributed by atoms with Gasteiger partial charge in [0.2, 0.25) is 0 Å². The first-order valence-electron chi connectivity index (χ1n) is 6.02. The zero-order chi connectivity index (χ0) is 14.1. The molecule has 0 atom stereocenters. The maximum absolute atomic E-state index is 11.9.